The van der Waals surface area contributed by atoms with E-state index in [1.807, 2.05) is 23.1 Å². The number of Topliss-reactive ketones (excluding diaryl/α,β-unsaturated/α-hetero) is 1. The van der Waals surface area contributed by atoms with Gasteiger partial charge in [-0.05, 0) is 30.3 Å². The molecule has 0 N–H and O–H groups in total. The molecule has 27 heavy (non-hydrogen) atoms. The lowest BCUT2D eigenvalue weighted by atomic mass is 10.1. The maximum absolute atomic E-state index is 12.5. The highest BCUT2D eigenvalue weighted by Crippen LogP contribution is 2.32. The Morgan fingerprint density at radius 2 is 1.67 bits per heavy atom. The minimum absolute atomic E-state index is 0.0219. The second-order valence-corrected chi connectivity index (χ2v) is 6.44. The number of rotatable bonds is 4. The fraction of sp³-hybridized carbons (Fsp3) is 0.300. The number of benzene rings is 2. The van der Waals surface area contributed by atoms with Gasteiger partial charge < -0.3 is 19.1 Å². The van der Waals surface area contributed by atoms with Crippen LogP contribution >= 0.6 is 0 Å². The monoisotopic (exact) mass is 368 g/mol. The van der Waals surface area contributed by atoms with Crippen LogP contribution in [-0.2, 0) is 0 Å². The van der Waals surface area contributed by atoms with E-state index >= 15 is 0 Å². The molecule has 0 bridgehead atoms. The number of piperazine rings is 1. The quantitative estimate of drug-likeness (QED) is 0.772. The molecule has 0 unspecified atom stereocenters. The van der Waals surface area contributed by atoms with Crippen molar-refractivity contribution >= 4 is 11.9 Å². The van der Waals surface area contributed by atoms with E-state index in [0.29, 0.717) is 55.5 Å². The number of ether oxygens (including phenoxy) is 3. The zero-order chi connectivity index (χ0) is 18.6. The third-order valence-corrected chi connectivity index (χ3v) is 4.64. The van der Waals surface area contributed by atoms with Crippen molar-refractivity contribution in [2.75, 3.05) is 39.5 Å². The Labute approximate surface area is 157 Å². The second kappa shape index (κ2) is 7.67. The Balaban J connectivity index is 1.28. The maximum atomic E-state index is 12.5. The van der Waals surface area contributed by atoms with E-state index in [1.165, 1.54) is 0 Å². The van der Waals surface area contributed by atoms with Gasteiger partial charge in [-0.25, -0.2) is 4.79 Å². The highest BCUT2D eigenvalue weighted by Gasteiger charge is 2.24. The van der Waals surface area contributed by atoms with Crippen LogP contribution < -0.4 is 14.2 Å². The molecule has 1 fully saturated rings. The summed E-state index contributed by atoms with van der Waals surface area (Å²) >= 11 is 0. The average molecular weight is 368 g/mol. The van der Waals surface area contributed by atoms with E-state index in [4.69, 9.17) is 14.2 Å². The summed E-state index contributed by atoms with van der Waals surface area (Å²) in [4.78, 5) is 28.4. The summed E-state index contributed by atoms with van der Waals surface area (Å²) in [5.74, 6) is 1.82. The van der Waals surface area contributed by atoms with Crippen LogP contribution in [0.5, 0.6) is 17.2 Å². The van der Waals surface area contributed by atoms with E-state index in [-0.39, 0.29) is 18.7 Å². The molecule has 2 aliphatic heterocycles. The van der Waals surface area contributed by atoms with Crippen LogP contribution in [-0.4, -0.2) is 61.2 Å². The Kier molecular flexibility index (Phi) is 4.93. The van der Waals surface area contributed by atoms with Crippen LogP contribution in [0, 0.1) is 0 Å². The molecule has 2 heterocycles. The van der Waals surface area contributed by atoms with Gasteiger partial charge in [0, 0.05) is 31.7 Å². The number of hydrogen-bond donors (Lipinski definition) is 0. The molecule has 2 aliphatic rings. The third kappa shape index (κ3) is 4.03. The molecule has 0 saturated carbocycles. The van der Waals surface area contributed by atoms with Crippen LogP contribution in [0.3, 0.4) is 0 Å². The summed E-state index contributed by atoms with van der Waals surface area (Å²) in [5.41, 5.74) is 0.602. The number of amides is 1. The number of fused-ring (bicyclic) bond motifs is 1. The summed E-state index contributed by atoms with van der Waals surface area (Å²) in [6.45, 7) is 2.80. The third-order valence-electron chi connectivity index (χ3n) is 4.64. The Morgan fingerprint density at radius 1 is 0.926 bits per heavy atom. The number of carbonyl (C=O) groups is 2. The van der Waals surface area contributed by atoms with Crippen molar-refractivity contribution in [1.29, 1.82) is 0 Å². The second-order valence-electron chi connectivity index (χ2n) is 6.44. The van der Waals surface area contributed by atoms with Crippen molar-refractivity contribution in [3.63, 3.8) is 0 Å². The Morgan fingerprint density at radius 3 is 2.44 bits per heavy atom. The molecule has 4 rings (SSSR count). The van der Waals surface area contributed by atoms with Gasteiger partial charge in [0.2, 0.25) is 6.79 Å². The van der Waals surface area contributed by atoms with Gasteiger partial charge in [-0.1, -0.05) is 18.2 Å². The summed E-state index contributed by atoms with van der Waals surface area (Å²) in [5, 5.41) is 0. The first-order chi connectivity index (χ1) is 13.2. The zero-order valence-electron chi connectivity index (χ0n) is 14.8. The van der Waals surface area contributed by atoms with Gasteiger partial charge in [-0.3, -0.25) is 9.69 Å². The van der Waals surface area contributed by atoms with Crippen molar-refractivity contribution in [2.24, 2.45) is 0 Å². The van der Waals surface area contributed by atoms with Gasteiger partial charge in [0.05, 0.1) is 6.54 Å². The Bertz CT molecular complexity index is 832. The number of para-hydroxylation sites is 1. The summed E-state index contributed by atoms with van der Waals surface area (Å²) < 4.78 is 15.9. The summed E-state index contributed by atoms with van der Waals surface area (Å²) in [6, 6.07) is 14.2. The topological polar surface area (TPSA) is 68.3 Å². The fourth-order valence-corrected chi connectivity index (χ4v) is 3.11. The molecular weight excluding hydrogens is 348 g/mol. The lowest BCUT2D eigenvalue weighted by Crippen LogP contribution is -2.50. The predicted molar refractivity (Wildman–Crippen MR) is 97.4 cm³/mol. The first-order valence-corrected chi connectivity index (χ1v) is 8.86. The SMILES string of the molecule is O=C(CN1CCN(C(=O)Oc2ccccc2)CC1)c1ccc2c(c1)OCO2. The molecule has 0 aromatic heterocycles. The van der Waals surface area contributed by atoms with E-state index in [0.717, 1.165) is 0 Å². The molecule has 2 aromatic carbocycles. The molecule has 0 spiro atoms. The van der Waals surface area contributed by atoms with Crippen molar-refractivity contribution in [3.8, 4) is 17.2 Å². The van der Waals surface area contributed by atoms with Crippen LogP contribution in [0.4, 0.5) is 4.79 Å². The normalized spacial score (nSPS) is 16.2. The predicted octanol–water partition coefficient (Wildman–Crippen LogP) is 2.41. The summed E-state index contributed by atoms with van der Waals surface area (Å²) in [6.07, 6.45) is -0.358. The molecule has 7 heteroatoms. The fourth-order valence-electron chi connectivity index (χ4n) is 3.11. The van der Waals surface area contributed by atoms with Gasteiger partial charge in [0.25, 0.3) is 0 Å². The van der Waals surface area contributed by atoms with Crippen molar-refractivity contribution in [2.45, 2.75) is 0 Å². The van der Waals surface area contributed by atoms with Gasteiger partial charge in [-0.15, -0.1) is 0 Å². The number of nitrogens with zero attached hydrogens (tertiary/aromatic N) is 2. The van der Waals surface area contributed by atoms with Crippen LogP contribution in [0.15, 0.2) is 48.5 Å². The van der Waals surface area contributed by atoms with E-state index < -0.39 is 0 Å². The van der Waals surface area contributed by atoms with Crippen molar-refractivity contribution < 1.29 is 23.8 Å². The van der Waals surface area contributed by atoms with Crippen LogP contribution in [0.1, 0.15) is 10.4 Å². The zero-order valence-corrected chi connectivity index (χ0v) is 14.8. The number of ketones is 1. The van der Waals surface area contributed by atoms with Gasteiger partial charge in [0.1, 0.15) is 5.75 Å². The minimum atomic E-state index is -0.358. The largest absolute Gasteiger partial charge is 0.454 e. The molecule has 1 amide bonds. The van der Waals surface area contributed by atoms with Crippen LogP contribution in [0.2, 0.25) is 0 Å². The molecule has 0 radical (unpaired) electrons. The molecule has 2 aromatic rings. The first-order valence-electron chi connectivity index (χ1n) is 8.86. The average Bonchev–Trinajstić information content (AvgIpc) is 3.17. The van der Waals surface area contributed by atoms with Crippen LogP contribution in [0.25, 0.3) is 0 Å². The van der Waals surface area contributed by atoms with Gasteiger partial charge in [0.15, 0.2) is 17.3 Å². The lowest BCUT2D eigenvalue weighted by molar-refractivity contribution is 0.0845. The molecule has 7 nitrogen and oxygen atoms in total. The molecule has 1 saturated heterocycles. The summed E-state index contributed by atoms with van der Waals surface area (Å²) in [7, 11) is 0. The minimum Gasteiger partial charge on any atom is -0.454 e. The maximum Gasteiger partial charge on any atom is 0.415 e. The van der Waals surface area contributed by atoms with Crippen molar-refractivity contribution in [1.82, 2.24) is 9.80 Å². The van der Waals surface area contributed by atoms with E-state index in [1.54, 1.807) is 35.2 Å². The van der Waals surface area contributed by atoms with E-state index in [9.17, 15) is 9.59 Å². The highest BCUT2D eigenvalue weighted by atomic mass is 16.7. The number of carbonyl (C=O) groups excluding carboxylic acids is 2. The molecule has 0 atom stereocenters. The Hall–Kier alpha value is -3.06. The first kappa shape index (κ1) is 17.4. The van der Waals surface area contributed by atoms with Gasteiger partial charge >= 0.3 is 6.09 Å². The lowest BCUT2D eigenvalue weighted by Gasteiger charge is -2.33. The highest BCUT2D eigenvalue weighted by molar-refractivity contribution is 5.98. The van der Waals surface area contributed by atoms with Gasteiger partial charge in [-0.2, -0.15) is 0 Å². The molecule has 140 valence electrons. The number of hydrogen-bond acceptors (Lipinski definition) is 6. The molecular formula is C20H20N2O5. The van der Waals surface area contributed by atoms with E-state index in [2.05, 4.69) is 0 Å². The van der Waals surface area contributed by atoms with Crippen molar-refractivity contribution in [3.05, 3.63) is 54.1 Å². The standard InChI is InChI=1S/C20H20N2O5/c23-17(15-6-7-18-19(12-15)26-14-25-18)13-21-8-10-22(11-9-21)20(24)27-16-4-2-1-3-5-16/h1-7,12H,8-11,13-14H2. The smallest absolute Gasteiger partial charge is 0.415 e. The molecule has 0 aliphatic carbocycles.